The van der Waals surface area contributed by atoms with Crippen molar-refractivity contribution in [3.05, 3.63) is 69.5 Å². The molecular weight excluding hydrogens is 346 g/mol. The number of benzene rings is 2. The second-order valence-corrected chi connectivity index (χ2v) is 7.54. The summed E-state index contributed by atoms with van der Waals surface area (Å²) >= 11 is 1.38. The van der Waals surface area contributed by atoms with Crippen molar-refractivity contribution in [2.45, 2.75) is 32.8 Å². The van der Waals surface area contributed by atoms with E-state index in [1.54, 1.807) is 6.07 Å². The van der Waals surface area contributed by atoms with E-state index in [9.17, 15) is 4.79 Å². The summed E-state index contributed by atoms with van der Waals surface area (Å²) in [6, 6.07) is 15.4. The van der Waals surface area contributed by atoms with Crippen LogP contribution in [0.4, 0.5) is 0 Å². The summed E-state index contributed by atoms with van der Waals surface area (Å²) in [7, 11) is 0. The first-order chi connectivity index (χ1) is 12.5. The van der Waals surface area contributed by atoms with Crippen LogP contribution in [0.25, 0.3) is 15.9 Å². The Morgan fingerprint density at radius 3 is 2.50 bits per heavy atom. The van der Waals surface area contributed by atoms with Crippen molar-refractivity contribution in [2.75, 3.05) is 0 Å². The molecule has 2 aromatic heterocycles. The van der Waals surface area contributed by atoms with Gasteiger partial charge in [0, 0.05) is 0 Å². The number of rotatable bonds is 4. The van der Waals surface area contributed by atoms with E-state index in [-0.39, 0.29) is 11.7 Å². The van der Waals surface area contributed by atoms with Crippen molar-refractivity contribution >= 4 is 27.2 Å². The number of hydrogen-bond acceptors (Lipinski definition) is 5. The summed E-state index contributed by atoms with van der Waals surface area (Å²) in [6.07, 6.45) is -0.269. The lowest BCUT2D eigenvalue weighted by molar-refractivity contribution is 0.225. The van der Waals surface area contributed by atoms with Gasteiger partial charge in [-0.15, -0.1) is 0 Å². The van der Waals surface area contributed by atoms with Crippen LogP contribution in [0.1, 0.15) is 43.4 Å². The number of nitrogens with zero attached hydrogens (tertiary/aromatic N) is 3. The summed E-state index contributed by atoms with van der Waals surface area (Å²) < 4.78 is 7.37. The Kier molecular flexibility index (Phi) is 4.20. The van der Waals surface area contributed by atoms with Gasteiger partial charge in [-0.25, -0.2) is 4.98 Å². The van der Waals surface area contributed by atoms with E-state index in [0.717, 1.165) is 10.8 Å². The molecule has 132 valence electrons. The maximum absolute atomic E-state index is 12.6. The standard InChI is InChI=1S/C20H19N3O2S/c1-12(2)14-8-10-15(11-9-14)25-13(3)18-22-23-19(24)16-6-4-5-7-17(16)21-20(23)26-18/h4-13H,1-3H3. The molecule has 0 aliphatic carbocycles. The van der Waals surface area contributed by atoms with Crippen LogP contribution in [0.3, 0.4) is 0 Å². The molecular formula is C20H19N3O2S. The van der Waals surface area contributed by atoms with Gasteiger partial charge in [-0.2, -0.15) is 9.61 Å². The van der Waals surface area contributed by atoms with Crippen LogP contribution < -0.4 is 10.3 Å². The number of para-hydroxylation sites is 1. The molecule has 0 saturated carbocycles. The molecule has 1 atom stereocenters. The summed E-state index contributed by atoms with van der Waals surface area (Å²) in [5.74, 6) is 1.27. The van der Waals surface area contributed by atoms with E-state index in [1.165, 1.54) is 21.4 Å². The Morgan fingerprint density at radius 1 is 1.04 bits per heavy atom. The quantitative estimate of drug-likeness (QED) is 0.532. The zero-order chi connectivity index (χ0) is 18.3. The first-order valence-electron chi connectivity index (χ1n) is 8.58. The molecule has 5 nitrogen and oxygen atoms in total. The van der Waals surface area contributed by atoms with E-state index < -0.39 is 0 Å². The van der Waals surface area contributed by atoms with Crippen LogP contribution in [-0.2, 0) is 0 Å². The molecule has 0 fully saturated rings. The van der Waals surface area contributed by atoms with E-state index in [0.29, 0.717) is 21.8 Å². The van der Waals surface area contributed by atoms with Gasteiger partial charge in [0.25, 0.3) is 5.56 Å². The number of fused-ring (bicyclic) bond motifs is 2. The topological polar surface area (TPSA) is 56.5 Å². The Hall–Kier alpha value is -2.73. The van der Waals surface area contributed by atoms with Gasteiger partial charge in [0.05, 0.1) is 10.9 Å². The number of ether oxygens (including phenoxy) is 1. The maximum Gasteiger partial charge on any atom is 0.283 e. The molecule has 0 aliphatic rings. The molecule has 0 amide bonds. The predicted molar refractivity (Wildman–Crippen MR) is 104 cm³/mol. The van der Waals surface area contributed by atoms with E-state index in [2.05, 4.69) is 36.1 Å². The highest BCUT2D eigenvalue weighted by Gasteiger charge is 2.16. The smallest absolute Gasteiger partial charge is 0.283 e. The minimum absolute atomic E-state index is 0.151. The normalized spacial score (nSPS) is 12.8. The Balaban J connectivity index is 1.66. The minimum atomic E-state index is -0.269. The second kappa shape index (κ2) is 6.53. The van der Waals surface area contributed by atoms with E-state index in [1.807, 2.05) is 37.3 Å². The molecule has 0 radical (unpaired) electrons. The van der Waals surface area contributed by atoms with Gasteiger partial charge in [-0.3, -0.25) is 4.79 Å². The third kappa shape index (κ3) is 2.97. The molecule has 26 heavy (non-hydrogen) atoms. The third-order valence-electron chi connectivity index (χ3n) is 4.33. The molecule has 0 bridgehead atoms. The van der Waals surface area contributed by atoms with Crippen LogP contribution in [0.5, 0.6) is 5.75 Å². The fourth-order valence-corrected chi connectivity index (χ4v) is 3.70. The average Bonchev–Trinajstić information content (AvgIpc) is 3.07. The third-order valence-corrected chi connectivity index (χ3v) is 5.40. The van der Waals surface area contributed by atoms with Crippen molar-refractivity contribution < 1.29 is 4.74 Å². The first kappa shape index (κ1) is 16.7. The molecule has 4 rings (SSSR count). The highest BCUT2D eigenvalue weighted by Crippen LogP contribution is 2.26. The lowest BCUT2D eigenvalue weighted by Crippen LogP contribution is -2.15. The highest BCUT2D eigenvalue weighted by molar-refractivity contribution is 7.16. The van der Waals surface area contributed by atoms with Crippen molar-refractivity contribution in [1.82, 2.24) is 14.6 Å². The van der Waals surface area contributed by atoms with E-state index in [4.69, 9.17) is 4.74 Å². The molecule has 6 heteroatoms. The highest BCUT2D eigenvalue weighted by atomic mass is 32.1. The fraction of sp³-hybridized carbons (Fsp3) is 0.250. The van der Waals surface area contributed by atoms with Crippen LogP contribution in [0.15, 0.2) is 53.3 Å². The average molecular weight is 365 g/mol. The summed E-state index contributed by atoms with van der Waals surface area (Å²) in [6.45, 7) is 6.25. The Labute approximate surface area is 154 Å². The molecule has 2 aromatic carbocycles. The molecule has 0 N–H and O–H groups in total. The van der Waals surface area contributed by atoms with Gasteiger partial charge < -0.3 is 4.74 Å². The maximum atomic E-state index is 12.6. The molecule has 2 heterocycles. The van der Waals surface area contributed by atoms with Gasteiger partial charge in [-0.05, 0) is 42.7 Å². The molecule has 0 saturated heterocycles. The first-order valence-corrected chi connectivity index (χ1v) is 9.39. The monoisotopic (exact) mass is 365 g/mol. The molecule has 1 unspecified atom stereocenters. The number of hydrogen-bond donors (Lipinski definition) is 0. The predicted octanol–water partition coefficient (Wildman–Crippen LogP) is 4.57. The summed E-state index contributed by atoms with van der Waals surface area (Å²) in [5.41, 5.74) is 1.81. The zero-order valence-corrected chi connectivity index (χ0v) is 15.7. The lowest BCUT2D eigenvalue weighted by atomic mass is 10.0. The SMILES string of the molecule is CC(C)c1ccc(OC(C)c2nn3c(=O)c4ccccc4nc3s2)cc1. The zero-order valence-electron chi connectivity index (χ0n) is 14.8. The van der Waals surface area contributed by atoms with Gasteiger partial charge in [0.15, 0.2) is 5.01 Å². The van der Waals surface area contributed by atoms with Crippen molar-refractivity contribution in [1.29, 1.82) is 0 Å². The van der Waals surface area contributed by atoms with Crippen molar-refractivity contribution in [3.8, 4) is 5.75 Å². The molecule has 4 aromatic rings. The van der Waals surface area contributed by atoms with E-state index >= 15 is 0 Å². The van der Waals surface area contributed by atoms with Crippen LogP contribution in [0.2, 0.25) is 0 Å². The van der Waals surface area contributed by atoms with Gasteiger partial charge in [0.1, 0.15) is 11.9 Å². The number of aromatic nitrogens is 3. The minimum Gasteiger partial charge on any atom is -0.483 e. The van der Waals surface area contributed by atoms with Crippen molar-refractivity contribution in [3.63, 3.8) is 0 Å². The summed E-state index contributed by atoms with van der Waals surface area (Å²) in [5, 5.41) is 5.73. The molecule has 0 spiro atoms. The Bertz CT molecular complexity index is 1130. The largest absolute Gasteiger partial charge is 0.483 e. The molecule has 0 aliphatic heterocycles. The Morgan fingerprint density at radius 2 is 1.77 bits per heavy atom. The van der Waals surface area contributed by atoms with Gasteiger partial charge in [0.2, 0.25) is 4.96 Å². The van der Waals surface area contributed by atoms with Crippen molar-refractivity contribution in [2.24, 2.45) is 0 Å². The van der Waals surface area contributed by atoms with Crippen LogP contribution in [-0.4, -0.2) is 14.6 Å². The lowest BCUT2D eigenvalue weighted by Gasteiger charge is -2.13. The van der Waals surface area contributed by atoms with Gasteiger partial charge >= 0.3 is 0 Å². The summed E-state index contributed by atoms with van der Waals surface area (Å²) in [4.78, 5) is 17.7. The van der Waals surface area contributed by atoms with Crippen LogP contribution >= 0.6 is 11.3 Å². The second-order valence-electron chi connectivity index (χ2n) is 6.55. The fourth-order valence-electron chi connectivity index (χ4n) is 2.82. The van der Waals surface area contributed by atoms with Gasteiger partial charge in [-0.1, -0.05) is 49.4 Å². The van der Waals surface area contributed by atoms with Crippen LogP contribution in [0, 0.1) is 0 Å².